The van der Waals surface area contributed by atoms with E-state index < -0.39 is 6.10 Å². The van der Waals surface area contributed by atoms with Gasteiger partial charge in [-0.3, -0.25) is 4.79 Å². The maximum absolute atomic E-state index is 12.8. The first-order valence-corrected chi connectivity index (χ1v) is 9.20. The number of aryl methyl sites for hydroxylation is 3. The lowest BCUT2D eigenvalue weighted by atomic mass is 9.87. The summed E-state index contributed by atoms with van der Waals surface area (Å²) in [6.07, 6.45) is 3.38. The van der Waals surface area contributed by atoms with E-state index in [1.165, 1.54) is 22.3 Å². The van der Waals surface area contributed by atoms with Gasteiger partial charge in [-0.25, -0.2) is 0 Å². The quantitative estimate of drug-likeness (QED) is 0.862. The zero-order chi connectivity index (χ0) is 17.8. The highest BCUT2D eigenvalue weighted by Gasteiger charge is 2.25. The van der Waals surface area contributed by atoms with Crippen LogP contribution in [0.1, 0.15) is 54.5 Å². The molecule has 132 valence electrons. The molecule has 0 heterocycles. The molecule has 0 aromatic heterocycles. The van der Waals surface area contributed by atoms with Crippen molar-refractivity contribution in [3.63, 3.8) is 0 Å². The SMILES string of the molecule is CC[C@@H](Oc1ccc(C)c(C)c1)C(=O)N[C@@H]1CCCc2ccccc21. The van der Waals surface area contributed by atoms with Crippen LogP contribution in [0.15, 0.2) is 42.5 Å². The largest absolute Gasteiger partial charge is 0.481 e. The second-order valence-corrected chi connectivity index (χ2v) is 6.91. The molecule has 3 heteroatoms. The van der Waals surface area contributed by atoms with Crippen LogP contribution in [0.25, 0.3) is 0 Å². The summed E-state index contributed by atoms with van der Waals surface area (Å²) in [5.74, 6) is 0.733. The standard InChI is InChI=1S/C22H27NO2/c1-4-21(25-18-13-12-15(2)16(3)14-18)22(24)23-20-11-7-9-17-8-5-6-10-19(17)20/h5-6,8,10,12-14,20-21H,4,7,9,11H2,1-3H3,(H,23,24)/t20-,21-/m1/s1. The van der Waals surface area contributed by atoms with Crippen LogP contribution in [-0.2, 0) is 11.2 Å². The minimum atomic E-state index is -0.462. The smallest absolute Gasteiger partial charge is 0.261 e. The molecule has 25 heavy (non-hydrogen) atoms. The first kappa shape index (κ1) is 17.5. The molecule has 3 nitrogen and oxygen atoms in total. The number of carbonyl (C=O) groups is 1. The topological polar surface area (TPSA) is 38.3 Å². The van der Waals surface area contributed by atoms with E-state index in [1.807, 2.05) is 31.2 Å². The van der Waals surface area contributed by atoms with E-state index in [-0.39, 0.29) is 11.9 Å². The van der Waals surface area contributed by atoms with Crippen LogP contribution in [0.2, 0.25) is 0 Å². The van der Waals surface area contributed by atoms with Gasteiger partial charge in [-0.05, 0) is 73.9 Å². The summed E-state index contributed by atoms with van der Waals surface area (Å²) >= 11 is 0. The number of benzene rings is 2. The molecule has 0 saturated heterocycles. The number of amides is 1. The number of hydrogen-bond acceptors (Lipinski definition) is 2. The molecule has 0 aliphatic heterocycles. The minimum Gasteiger partial charge on any atom is -0.481 e. The molecule has 1 N–H and O–H groups in total. The summed E-state index contributed by atoms with van der Waals surface area (Å²) < 4.78 is 5.98. The number of hydrogen-bond donors (Lipinski definition) is 1. The molecule has 0 spiro atoms. The molecule has 0 saturated carbocycles. The van der Waals surface area contributed by atoms with Gasteiger partial charge in [0.15, 0.2) is 6.10 Å². The molecule has 1 aliphatic carbocycles. The predicted molar refractivity (Wildman–Crippen MR) is 101 cm³/mol. The lowest BCUT2D eigenvalue weighted by Gasteiger charge is -2.28. The predicted octanol–water partition coefficient (Wildman–Crippen LogP) is 4.65. The van der Waals surface area contributed by atoms with Crippen molar-refractivity contribution in [2.75, 3.05) is 0 Å². The third-order valence-electron chi connectivity index (χ3n) is 5.11. The van der Waals surface area contributed by atoms with Crippen LogP contribution in [0.5, 0.6) is 5.75 Å². The fourth-order valence-electron chi connectivity index (χ4n) is 3.44. The lowest BCUT2D eigenvalue weighted by Crippen LogP contribution is -2.41. The van der Waals surface area contributed by atoms with Gasteiger partial charge in [0.2, 0.25) is 0 Å². The molecular formula is C22H27NO2. The zero-order valence-corrected chi connectivity index (χ0v) is 15.3. The molecule has 1 aliphatic rings. The van der Waals surface area contributed by atoms with E-state index in [2.05, 4.69) is 37.4 Å². The van der Waals surface area contributed by atoms with Crippen LogP contribution in [0.4, 0.5) is 0 Å². The summed E-state index contributed by atoms with van der Waals surface area (Å²) in [7, 11) is 0. The third kappa shape index (κ3) is 4.04. The highest BCUT2D eigenvalue weighted by Crippen LogP contribution is 2.29. The van der Waals surface area contributed by atoms with Crippen LogP contribution in [-0.4, -0.2) is 12.0 Å². The van der Waals surface area contributed by atoms with Gasteiger partial charge in [0.1, 0.15) is 5.75 Å². The van der Waals surface area contributed by atoms with E-state index >= 15 is 0 Å². The van der Waals surface area contributed by atoms with E-state index in [1.54, 1.807) is 0 Å². The zero-order valence-electron chi connectivity index (χ0n) is 15.3. The molecule has 0 unspecified atom stereocenters. The van der Waals surface area contributed by atoms with E-state index in [4.69, 9.17) is 4.74 Å². The average Bonchev–Trinajstić information content (AvgIpc) is 2.63. The Kier molecular flexibility index (Phi) is 5.42. The van der Waals surface area contributed by atoms with Crippen molar-refractivity contribution < 1.29 is 9.53 Å². The highest BCUT2D eigenvalue weighted by molar-refractivity contribution is 5.81. The van der Waals surface area contributed by atoms with Crippen molar-refractivity contribution >= 4 is 5.91 Å². The van der Waals surface area contributed by atoms with Gasteiger partial charge in [-0.15, -0.1) is 0 Å². The highest BCUT2D eigenvalue weighted by atomic mass is 16.5. The fraction of sp³-hybridized carbons (Fsp3) is 0.409. The molecule has 2 aromatic carbocycles. The van der Waals surface area contributed by atoms with Crippen molar-refractivity contribution in [3.05, 3.63) is 64.7 Å². The summed E-state index contributed by atoms with van der Waals surface area (Å²) in [5.41, 5.74) is 5.00. The third-order valence-corrected chi connectivity index (χ3v) is 5.11. The first-order chi connectivity index (χ1) is 12.1. The van der Waals surface area contributed by atoms with Crippen molar-refractivity contribution in [2.45, 2.75) is 58.6 Å². The monoisotopic (exact) mass is 337 g/mol. The Balaban J connectivity index is 1.70. The Bertz CT molecular complexity index is 753. The fourth-order valence-corrected chi connectivity index (χ4v) is 3.44. The van der Waals surface area contributed by atoms with Gasteiger partial charge in [0, 0.05) is 0 Å². The molecule has 2 atom stereocenters. The van der Waals surface area contributed by atoms with Crippen LogP contribution in [0.3, 0.4) is 0 Å². The molecule has 0 fully saturated rings. The second kappa shape index (κ2) is 7.73. The Morgan fingerprint density at radius 1 is 1.20 bits per heavy atom. The Hall–Kier alpha value is -2.29. The summed E-state index contributed by atoms with van der Waals surface area (Å²) in [6.45, 7) is 6.12. The van der Waals surface area contributed by atoms with Crippen molar-refractivity contribution in [3.8, 4) is 5.75 Å². The van der Waals surface area contributed by atoms with Gasteiger partial charge < -0.3 is 10.1 Å². The maximum Gasteiger partial charge on any atom is 0.261 e. The summed E-state index contributed by atoms with van der Waals surface area (Å²) in [4.78, 5) is 12.8. The minimum absolute atomic E-state index is 0.0255. The number of carbonyl (C=O) groups excluding carboxylic acids is 1. The first-order valence-electron chi connectivity index (χ1n) is 9.20. The summed E-state index contributed by atoms with van der Waals surface area (Å²) in [6, 6.07) is 14.5. The number of fused-ring (bicyclic) bond motifs is 1. The van der Waals surface area contributed by atoms with E-state index in [0.717, 1.165) is 25.0 Å². The van der Waals surface area contributed by atoms with Crippen LogP contribution >= 0.6 is 0 Å². The van der Waals surface area contributed by atoms with E-state index in [9.17, 15) is 4.79 Å². The lowest BCUT2D eigenvalue weighted by molar-refractivity contribution is -0.129. The Morgan fingerprint density at radius 2 is 2.00 bits per heavy atom. The molecule has 3 rings (SSSR count). The van der Waals surface area contributed by atoms with E-state index in [0.29, 0.717) is 6.42 Å². The van der Waals surface area contributed by atoms with Crippen LogP contribution < -0.4 is 10.1 Å². The van der Waals surface area contributed by atoms with Gasteiger partial charge in [-0.1, -0.05) is 37.3 Å². The molecule has 2 aromatic rings. The van der Waals surface area contributed by atoms with Crippen molar-refractivity contribution in [1.82, 2.24) is 5.32 Å². The van der Waals surface area contributed by atoms with Crippen molar-refractivity contribution in [2.24, 2.45) is 0 Å². The van der Waals surface area contributed by atoms with Crippen LogP contribution in [0, 0.1) is 13.8 Å². The summed E-state index contributed by atoms with van der Waals surface area (Å²) in [5, 5.41) is 3.21. The number of ether oxygens (including phenoxy) is 1. The average molecular weight is 337 g/mol. The molecule has 1 amide bonds. The van der Waals surface area contributed by atoms with Crippen molar-refractivity contribution in [1.29, 1.82) is 0 Å². The Labute approximate surface area is 150 Å². The number of rotatable bonds is 5. The maximum atomic E-state index is 12.8. The normalized spacial score (nSPS) is 17.5. The number of nitrogens with one attached hydrogen (secondary N) is 1. The van der Waals surface area contributed by atoms with Gasteiger partial charge in [-0.2, -0.15) is 0 Å². The van der Waals surface area contributed by atoms with Gasteiger partial charge >= 0.3 is 0 Å². The molecule has 0 radical (unpaired) electrons. The molecule has 0 bridgehead atoms. The van der Waals surface area contributed by atoms with Gasteiger partial charge in [0.25, 0.3) is 5.91 Å². The van der Waals surface area contributed by atoms with Gasteiger partial charge in [0.05, 0.1) is 6.04 Å². The second-order valence-electron chi connectivity index (χ2n) is 6.91. The molecular weight excluding hydrogens is 310 g/mol. The Morgan fingerprint density at radius 3 is 2.76 bits per heavy atom.